The highest BCUT2D eigenvalue weighted by Gasteiger charge is 2.15. The van der Waals surface area contributed by atoms with Crippen LogP contribution in [0.3, 0.4) is 0 Å². The van der Waals surface area contributed by atoms with Crippen LogP contribution in [0.5, 0.6) is 0 Å². The van der Waals surface area contributed by atoms with Gasteiger partial charge in [0, 0.05) is 6.54 Å². The van der Waals surface area contributed by atoms with Crippen molar-refractivity contribution in [1.29, 1.82) is 0 Å². The maximum Gasteiger partial charge on any atom is 0.407 e. The number of carbonyl (C=O) groups is 1. The number of hydrogen-bond donors (Lipinski definition) is 1. The van der Waals surface area contributed by atoms with Crippen LogP contribution < -0.4 is 5.32 Å². The number of amides is 1. The Bertz CT molecular complexity index is 363. The van der Waals surface area contributed by atoms with E-state index in [1.807, 2.05) is 20.8 Å². The summed E-state index contributed by atoms with van der Waals surface area (Å²) in [6, 6.07) is 8.30. The second-order valence-corrected chi connectivity index (χ2v) is 5.16. The molecule has 0 fully saturated rings. The Morgan fingerprint density at radius 2 is 1.82 bits per heavy atom. The van der Waals surface area contributed by atoms with E-state index < -0.39 is 5.60 Å². The molecule has 0 heterocycles. The van der Waals surface area contributed by atoms with Gasteiger partial charge in [-0.15, -0.1) is 0 Å². The second-order valence-electron chi connectivity index (χ2n) is 5.16. The topological polar surface area (TPSA) is 38.3 Å². The van der Waals surface area contributed by atoms with Crippen molar-refractivity contribution < 1.29 is 9.53 Å². The lowest BCUT2D eigenvalue weighted by Crippen LogP contribution is -2.33. The van der Waals surface area contributed by atoms with Gasteiger partial charge in [-0.25, -0.2) is 4.79 Å². The van der Waals surface area contributed by atoms with Gasteiger partial charge in [0.15, 0.2) is 0 Å². The van der Waals surface area contributed by atoms with E-state index in [2.05, 4.69) is 36.5 Å². The predicted molar refractivity (Wildman–Crippen MR) is 69.1 cm³/mol. The first-order valence-corrected chi connectivity index (χ1v) is 5.89. The quantitative estimate of drug-likeness (QED) is 0.874. The maximum atomic E-state index is 11.4. The molecule has 0 unspecified atom stereocenters. The van der Waals surface area contributed by atoms with E-state index in [4.69, 9.17) is 4.74 Å². The minimum atomic E-state index is -0.437. The van der Waals surface area contributed by atoms with Crippen LogP contribution in [-0.2, 0) is 11.2 Å². The van der Waals surface area contributed by atoms with E-state index in [0.29, 0.717) is 6.54 Å². The first-order valence-electron chi connectivity index (χ1n) is 5.89. The summed E-state index contributed by atoms with van der Waals surface area (Å²) < 4.78 is 5.14. The number of aryl methyl sites for hydroxylation is 1. The Balaban J connectivity index is 2.28. The van der Waals surface area contributed by atoms with Gasteiger partial charge in [0.1, 0.15) is 5.60 Å². The standard InChI is InChI=1S/C14H21NO2/c1-11-5-7-12(8-6-11)9-10-15-13(16)17-14(2,3)4/h5-8H,9-10H2,1-4H3,(H,15,16). The van der Waals surface area contributed by atoms with Gasteiger partial charge in [-0.2, -0.15) is 0 Å². The fourth-order valence-electron chi connectivity index (χ4n) is 1.38. The average Bonchev–Trinajstić information content (AvgIpc) is 2.18. The fraction of sp³-hybridized carbons (Fsp3) is 0.500. The number of benzene rings is 1. The van der Waals surface area contributed by atoms with E-state index in [1.54, 1.807) is 0 Å². The van der Waals surface area contributed by atoms with E-state index in [9.17, 15) is 4.79 Å². The van der Waals surface area contributed by atoms with Gasteiger partial charge in [-0.3, -0.25) is 0 Å². The summed E-state index contributed by atoms with van der Waals surface area (Å²) in [7, 11) is 0. The zero-order valence-electron chi connectivity index (χ0n) is 11.0. The summed E-state index contributed by atoms with van der Waals surface area (Å²) in [5, 5.41) is 2.74. The molecule has 0 bridgehead atoms. The van der Waals surface area contributed by atoms with Crippen molar-refractivity contribution in [2.24, 2.45) is 0 Å². The number of carbonyl (C=O) groups excluding carboxylic acids is 1. The number of alkyl carbamates (subject to hydrolysis) is 1. The number of hydrogen-bond acceptors (Lipinski definition) is 2. The molecule has 0 radical (unpaired) electrons. The molecule has 0 aromatic heterocycles. The summed E-state index contributed by atoms with van der Waals surface area (Å²) in [6.45, 7) is 8.21. The van der Waals surface area contributed by atoms with E-state index >= 15 is 0 Å². The van der Waals surface area contributed by atoms with Crippen molar-refractivity contribution in [2.45, 2.75) is 39.7 Å². The molecule has 1 amide bonds. The largest absolute Gasteiger partial charge is 0.444 e. The van der Waals surface area contributed by atoms with Crippen LogP contribution in [0.4, 0.5) is 4.79 Å². The summed E-state index contributed by atoms with van der Waals surface area (Å²) in [5.74, 6) is 0. The van der Waals surface area contributed by atoms with Crippen molar-refractivity contribution in [3.63, 3.8) is 0 Å². The van der Waals surface area contributed by atoms with Gasteiger partial charge in [0.05, 0.1) is 0 Å². The van der Waals surface area contributed by atoms with Crippen LogP contribution in [0.25, 0.3) is 0 Å². The van der Waals surface area contributed by atoms with Crippen molar-refractivity contribution >= 4 is 6.09 Å². The molecular weight excluding hydrogens is 214 g/mol. The molecule has 3 nitrogen and oxygen atoms in total. The molecule has 0 saturated heterocycles. The molecule has 94 valence electrons. The number of nitrogens with one attached hydrogen (secondary N) is 1. The van der Waals surface area contributed by atoms with Crippen LogP contribution >= 0.6 is 0 Å². The molecule has 0 aliphatic rings. The minimum Gasteiger partial charge on any atom is -0.444 e. The fourth-order valence-corrected chi connectivity index (χ4v) is 1.38. The first kappa shape index (κ1) is 13.6. The van der Waals surface area contributed by atoms with Crippen molar-refractivity contribution in [1.82, 2.24) is 5.32 Å². The molecule has 0 atom stereocenters. The lowest BCUT2D eigenvalue weighted by Gasteiger charge is -2.19. The van der Waals surface area contributed by atoms with E-state index in [1.165, 1.54) is 11.1 Å². The smallest absolute Gasteiger partial charge is 0.407 e. The first-order chi connectivity index (χ1) is 7.87. The molecule has 0 spiro atoms. The lowest BCUT2D eigenvalue weighted by atomic mass is 10.1. The number of rotatable bonds is 3. The Hall–Kier alpha value is -1.51. The molecule has 0 saturated carbocycles. The molecule has 3 heteroatoms. The predicted octanol–water partition coefficient (Wildman–Crippen LogP) is 3.06. The highest BCUT2D eigenvalue weighted by molar-refractivity contribution is 5.67. The van der Waals surface area contributed by atoms with Gasteiger partial charge in [-0.1, -0.05) is 29.8 Å². The third-order valence-corrected chi connectivity index (χ3v) is 2.20. The molecule has 17 heavy (non-hydrogen) atoms. The summed E-state index contributed by atoms with van der Waals surface area (Å²) in [4.78, 5) is 11.4. The lowest BCUT2D eigenvalue weighted by molar-refractivity contribution is 0.0528. The van der Waals surface area contributed by atoms with Crippen LogP contribution in [0.1, 0.15) is 31.9 Å². The second kappa shape index (κ2) is 5.71. The molecule has 0 aliphatic heterocycles. The van der Waals surface area contributed by atoms with Crippen molar-refractivity contribution in [3.8, 4) is 0 Å². The Kier molecular flexibility index (Phi) is 4.55. The third-order valence-electron chi connectivity index (χ3n) is 2.20. The van der Waals surface area contributed by atoms with Gasteiger partial charge in [0.2, 0.25) is 0 Å². The molecule has 1 N–H and O–H groups in total. The van der Waals surface area contributed by atoms with Crippen LogP contribution in [0, 0.1) is 6.92 Å². The van der Waals surface area contributed by atoms with Crippen LogP contribution in [0.15, 0.2) is 24.3 Å². The zero-order chi connectivity index (χ0) is 12.9. The molecule has 1 aromatic carbocycles. The molecule has 1 rings (SSSR count). The zero-order valence-corrected chi connectivity index (χ0v) is 11.0. The van der Waals surface area contributed by atoms with Gasteiger partial charge < -0.3 is 10.1 Å². The summed E-state index contributed by atoms with van der Waals surface area (Å²) in [6.07, 6.45) is 0.462. The normalized spacial score (nSPS) is 11.1. The van der Waals surface area contributed by atoms with Crippen LogP contribution in [0.2, 0.25) is 0 Å². The Labute approximate surface area is 103 Å². The van der Waals surface area contributed by atoms with E-state index in [0.717, 1.165) is 6.42 Å². The molecule has 1 aromatic rings. The third kappa shape index (κ3) is 5.95. The summed E-state index contributed by atoms with van der Waals surface area (Å²) in [5.41, 5.74) is 2.02. The Morgan fingerprint density at radius 1 is 1.24 bits per heavy atom. The van der Waals surface area contributed by atoms with Crippen molar-refractivity contribution in [2.75, 3.05) is 6.54 Å². The maximum absolute atomic E-state index is 11.4. The van der Waals surface area contributed by atoms with E-state index in [-0.39, 0.29) is 6.09 Å². The SMILES string of the molecule is Cc1ccc(CCNC(=O)OC(C)(C)C)cc1. The Morgan fingerprint density at radius 3 is 2.35 bits per heavy atom. The van der Waals surface area contributed by atoms with Gasteiger partial charge in [0.25, 0.3) is 0 Å². The monoisotopic (exact) mass is 235 g/mol. The van der Waals surface area contributed by atoms with Gasteiger partial charge >= 0.3 is 6.09 Å². The summed E-state index contributed by atoms with van der Waals surface area (Å²) >= 11 is 0. The van der Waals surface area contributed by atoms with Crippen LogP contribution in [-0.4, -0.2) is 18.2 Å². The van der Waals surface area contributed by atoms with Crippen molar-refractivity contribution in [3.05, 3.63) is 35.4 Å². The highest BCUT2D eigenvalue weighted by atomic mass is 16.6. The number of ether oxygens (including phenoxy) is 1. The van der Waals surface area contributed by atoms with Gasteiger partial charge in [-0.05, 0) is 39.7 Å². The average molecular weight is 235 g/mol. The molecular formula is C14H21NO2. The minimum absolute atomic E-state index is 0.357. The molecule has 0 aliphatic carbocycles. The highest BCUT2D eigenvalue weighted by Crippen LogP contribution is 2.07.